The Bertz CT molecular complexity index is 610. The van der Waals surface area contributed by atoms with Crippen molar-refractivity contribution in [3.63, 3.8) is 0 Å². The Morgan fingerprint density at radius 2 is 1.39 bits per heavy atom. The van der Waals surface area contributed by atoms with Crippen molar-refractivity contribution in [1.29, 1.82) is 0 Å². The Labute approximate surface area is 162 Å². The van der Waals surface area contributed by atoms with Gasteiger partial charge in [-0.3, -0.25) is 4.79 Å². The van der Waals surface area contributed by atoms with E-state index < -0.39 is 46.5 Å². The number of hydrogen-bond acceptors (Lipinski definition) is 3. The summed E-state index contributed by atoms with van der Waals surface area (Å²) in [6.45, 7) is 4.84. The molecule has 1 atom stereocenters. The molecule has 0 aromatic heterocycles. The Morgan fingerprint density at radius 1 is 0.964 bits per heavy atom. The zero-order chi connectivity index (χ0) is 21.3. The molecule has 4 aliphatic rings. The first kappa shape index (κ1) is 21.8. The molecule has 162 valence electrons. The minimum atomic E-state index is -5.56. The third-order valence-electron chi connectivity index (χ3n) is 7.70. The molecule has 1 N–H and O–H groups in total. The molecule has 0 spiro atoms. The van der Waals surface area contributed by atoms with Gasteiger partial charge in [0.15, 0.2) is 5.60 Å². The van der Waals surface area contributed by atoms with E-state index in [0.717, 1.165) is 6.42 Å². The van der Waals surface area contributed by atoms with Gasteiger partial charge >= 0.3 is 18.1 Å². The molecule has 4 fully saturated rings. The van der Waals surface area contributed by atoms with Crippen LogP contribution in [-0.2, 0) is 9.53 Å². The molecule has 4 saturated carbocycles. The number of aliphatic hydroxyl groups is 1. The van der Waals surface area contributed by atoms with Crippen LogP contribution in [0.2, 0.25) is 0 Å². The predicted octanol–water partition coefficient (Wildman–Crippen LogP) is 5.11. The van der Waals surface area contributed by atoms with Crippen molar-refractivity contribution >= 4 is 5.97 Å². The summed E-state index contributed by atoms with van der Waals surface area (Å²) in [6.07, 6.45) is -3.17. The average Bonchev–Trinajstić information content (AvgIpc) is 2.55. The minimum Gasteiger partial charge on any atom is -0.451 e. The van der Waals surface area contributed by atoms with E-state index in [2.05, 4.69) is 0 Å². The first-order chi connectivity index (χ1) is 12.6. The van der Waals surface area contributed by atoms with Gasteiger partial charge in [-0.1, -0.05) is 6.92 Å². The number of rotatable bonds is 5. The van der Waals surface area contributed by atoms with Gasteiger partial charge in [-0.2, -0.15) is 22.0 Å². The van der Waals surface area contributed by atoms with Crippen molar-refractivity contribution in [2.75, 3.05) is 0 Å². The summed E-state index contributed by atoms with van der Waals surface area (Å²) in [5.41, 5.74) is -8.04. The molecule has 0 aliphatic heterocycles. The van der Waals surface area contributed by atoms with E-state index >= 15 is 8.78 Å². The molecule has 0 aromatic rings. The summed E-state index contributed by atoms with van der Waals surface area (Å²) in [4.78, 5) is 12.8. The van der Waals surface area contributed by atoms with Gasteiger partial charge in [-0.15, -0.1) is 0 Å². The van der Waals surface area contributed by atoms with Gasteiger partial charge in [0.05, 0.1) is 5.41 Å². The summed E-state index contributed by atoms with van der Waals surface area (Å²) in [5.74, 6) is -7.03. The van der Waals surface area contributed by atoms with Crippen LogP contribution < -0.4 is 0 Å². The van der Waals surface area contributed by atoms with E-state index in [-0.39, 0.29) is 18.8 Å². The Balaban J connectivity index is 2.12. The molecular formula is C20H29F5O3. The van der Waals surface area contributed by atoms with Crippen molar-refractivity contribution in [2.24, 2.45) is 29.1 Å². The minimum absolute atomic E-state index is 0.0958. The first-order valence-electron chi connectivity index (χ1n) is 10.0. The van der Waals surface area contributed by atoms with Crippen LogP contribution in [0, 0.1) is 29.1 Å². The van der Waals surface area contributed by atoms with E-state index in [1.54, 1.807) is 6.92 Å². The zero-order valence-electron chi connectivity index (χ0n) is 16.7. The second kappa shape index (κ2) is 6.29. The highest BCUT2D eigenvalue weighted by molar-refractivity contribution is 5.76. The lowest BCUT2D eigenvalue weighted by Crippen LogP contribution is -2.76. The Hall–Kier alpha value is -0.920. The maximum atomic E-state index is 15.7. The molecule has 0 saturated heterocycles. The van der Waals surface area contributed by atoms with Gasteiger partial charge in [0, 0.05) is 11.8 Å². The topological polar surface area (TPSA) is 46.5 Å². The molecule has 0 heterocycles. The maximum absolute atomic E-state index is 15.7. The lowest BCUT2D eigenvalue weighted by Gasteiger charge is -2.63. The fraction of sp³-hybridized carbons (Fsp3) is 0.950. The van der Waals surface area contributed by atoms with Gasteiger partial charge in [-0.25, -0.2) is 0 Å². The number of halogens is 5. The molecule has 0 amide bonds. The van der Waals surface area contributed by atoms with Crippen LogP contribution in [0.25, 0.3) is 0 Å². The summed E-state index contributed by atoms with van der Waals surface area (Å²) in [7, 11) is 0. The van der Waals surface area contributed by atoms with Gasteiger partial charge < -0.3 is 9.84 Å². The molecule has 0 aromatic carbocycles. The molecule has 4 aliphatic carbocycles. The summed E-state index contributed by atoms with van der Waals surface area (Å²) in [6, 6.07) is 0. The normalized spacial score (nSPS) is 37.6. The number of hydrogen-bond donors (Lipinski definition) is 1. The highest BCUT2D eigenvalue weighted by Crippen LogP contribution is 2.66. The molecule has 28 heavy (non-hydrogen) atoms. The lowest BCUT2D eigenvalue weighted by atomic mass is 9.47. The molecule has 4 bridgehead atoms. The van der Waals surface area contributed by atoms with Gasteiger partial charge in [0.1, 0.15) is 0 Å². The molecule has 0 radical (unpaired) electrons. The van der Waals surface area contributed by atoms with Gasteiger partial charge in [0.2, 0.25) is 5.60 Å². The third kappa shape index (κ3) is 2.80. The maximum Gasteiger partial charge on any atom is 0.423 e. The number of ether oxygens (including phenoxy) is 1. The van der Waals surface area contributed by atoms with E-state index in [9.17, 15) is 23.1 Å². The third-order valence-corrected chi connectivity index (χ3v) is 7.70. The van der Waals surface area contributed by atoms with Crippen LogP contribution in [-0.4, -0.2) is 34.4 Å². The van der Waals surface area contributed by atoms with Gasteiger partial charge in [0.25, 0.3) is 0 Å². The van der Waals surface area contributed by atoms with Crippen molar-refractivity contribution in [3.8, 4) is 0 Å². The van der Waals surface area contributed by atoms with Crippen molar-refractivity contribution in [1.82, 2.24) is 0 Å². The SMILES string of the molecule is CCC(C)(C)C(=O)OC1(C(F)(F)C(C)(O)C(F)(F)F)C2CC3CC(C2)CC1C3. The van der Waals surface area contributed by atoms with Crippen LogP contribution in [0.5, 0.6) is 0 Å². The standard InChI is InChI=1S/C20H29F5O3/c1-5-16(2,3)15(26)28-18(19(21,22)17(4,27)20(23,24)25)13-7-11-6-12(9-13)10-14(18)8-11/h11-14,27H,5-10H2,1-4H3. The Kier molecular flexibility index (Phi) is 4.89. The van der Waals surface area contributed by atoms with Crippen molar-refractivity contribution in [2.45, 2.75) is 89.5 Å². The molecule has 3 nitrogen and oxygen atoms in total. The molecule has 8 heteroatoms. The van der Waals surface area contributed by atoms with Crippen LogP contribution >= 0.6 is 0 Å². The quantitative estimate of drug-likeness (QED) is 0.504. The number of alkyl halides is 5. The van der Waals surface area contributed by atoms with Crippen LogP contribution in [0.4, 0.5) is 22.0 Å². The fourth-order valence-corrected chi connectivity index (χ4v) is 5.62. The van der Waals surface area contributed by atoms with E-state index in [4.69, 9.17) is 4.74 Å². The smallest absolute Gasteiger partial charge is 0.423 e. The predicted molar refractivity (Wildman–Crippen MR) is 91.6 cm³/mol. The largest absolute Gasteiger partial charge is 0.451 e. The number of carbonyl (C=O) groups is 1. The summed E-state index contributed by atoms with van der Waals surface area (Å²) < 4.78 is 77.3. The molecule has 1 unspecified atom stereocenters. The van der Waals surface area contributed by atoms with Crippen LogP contribution in [0.1, 0.15) is 66.2 Å². The summed E-state index contributed by atoms with van der Waals surface area (Å²) in [5, 5.41) is 10.0. The van der Waals surface area contributed by atoms with E-state index in [0.29, 0.717) is 32.1 Å². The number of esters is 1. The lowest BCUT2D eigenvalue weighted by molar-refractivity contribution is -0.390. The summed E-state index contributed by atoms with van der Waals surface area (Å²) >= 11 is 0. The highest BCUT2D eigenvalue weighted by atomic mass is 19.4. The number of carbonyl (C=O) groups excluding carboxylic acids is 1. The van der Waals surface area contributed by atoms with Crippen molar-refractivity contribution < 1.29 is 36.6 Å². The van der Waals surface area contributed by atoms with Crippen LogP contribution in [0.15, 0.2) is 0 Å². The van der Waals surface area contributed by atoms with E-state index in [1.165, 1.54) is 13.8 Å². The first-order valence-corrected chi connectivity index (χ1v) is 10.0. The highest BCUT2D eigenvalue weighted by Gasteiger charge is 2.80. The Morgan fingerprint density at radius 3 is 1.75 bits per heavy atom. The van der Waals surface area contributed by atoms with E-state index in [1.807, 2.05) is 0 Å². The van der Waals surface area contributed by atoms with Crippen molar-refractivity contribution in [3.05, 3.63) is 0 Å². The second-order valence-corrected chi connectivity index (χ2v) is 9.87. The zero-order valence-corrected chi connectivity index (χ0v) is 16.7. The van der Waals surface area contributed by atoms with Gasteiger partial charge in [-0.05, 0) is 71.1 Å². The fourth-order valence-electron chi connectivity index (χ4n) is 5.62. The molecule has 4 rings (SSSR count). The second-order valence-electron chi connectivity index (χ2n) is 9.87. The van der Waals surface area contributed by atoms with Crippen LogP contribution in [0.3, 0.4) is 0 Å². The monoisotopic (exact) mass is 412 g/mol. The molecular weight excluding hydrogens is 383 g/mol. The average molecular weight is 412 g/mol.